The van der Waals surface area contributed by atoms with Gasteiger partial charge >= 0.3 is 0 Å². The van der Waals surface area contributed by atoms with Crippen LogP contribution in [0, 0.1) is 23.0 Å². The first-order valence-corrected chi connectivity index (χ1v) is 4.83. The summed E-state index contributed by atoms with van der Waals surface area (Å²) in [6.07, 6.45) is 1.69. The molecule has 1 aromatic carbocycles. The zero-order valence-corrected chi connectivity index (χ0v) is 8.30. The molecule has 3 nitrogen and oxygen atoms in total. The van der Waals surface area contributed by atoms with Crippen LogP contribution in [0.4, 0.5) is 8.78 Å². The van der Waals surface area contributed by atoms with Crippen molar-refractivity contribution in [3.63, 3.8) is 0 Å². The fourth-order valence-corrected chi connectivity index (χ4v) is 1.94. The summed E-state index contributed by atoms with van der Waals surface area (Å²) in [5.41, 5.74) is -1.09. The number of rotatable bonds is 1. The molecule has 0 saturated heterocycles. The second-order valence-electron chi connectivity index (χ2n) is 3.96. The average Bonchev–Trinajstić information content (AvgIpc) is 2.21. The molecule has 1 aromatic rings. The van der Waals surface area contributed by atoms with Crippen molar-refractivity contribution in [1.82, 2.24) is 0 Å². The van der Waals surface area contributed by atoms with Gasteiger partial charge in [-0.25, -0.2) is 4.39 Å². The Morgan fingerprint density at radius 1 is 1.25 bits per heavy atom. The molecule has 16 heavy (non-hydrogen) atoms. The highest BCUT2D eigenvalue weighted by molar-refractivity contribution is 5.49. The van der Waals surface area contributed by atoms with Gasteiger partial charge in [0.25, 0.3) is 0 Å². The van der Waals surface area contributed by atoms with E-state index in [1.807, 2.05) is 6.07 Å². The molecule has 0 aromatic heterocycles. The van der Waals surface area contributed by atoms with Crippen molar-refractivity contribution in [3.8, 4) is 17.6 Å². The number of benzene rings is 1. The van der Waals surface area contributed by atoms with Crippen molar-refractivity contribution in [2.45, 2.75) is 24.7 Å². The molecule has 0 radical (unpaired) electrons. The maximum atomic E-state index is 13.2. The van der Waals surface area contributed by atoms with E-state index in [-0.39, 0.29) is 5.56 Å². The van der Waals surface area contributed by atoms with Gasteiger partial charge in [0.1, 0.15) is 0 Å². The van der Waals surface area contributed by atoms with E-state index >= 15 is 0 Å². The lowest BCUT2D eigenvalue weighted by Crippen LogP contribution is -2.32. The molecule has 2 N–H and O–H groups in total. The van der Waals surface area contributed by atoms with Crippen LogP contribution in [0.25, 0.3) is 0 Å². The van der Waals surface area contributed by atoms with E-state index in [1.54, 1.807) is 0 Å². The Bertz CT molecular complexity index is 490. The van der Waals surface area contributed by atoms with Crippen molar-refractivity contribution < 1.29 is 19.0 Å². The first kappa shape index (κ1) is 10.7. The van der Waals surface area contributed by atoms with E-state index in [4.69, 9.17) is 10.4 Å². The molecule has 2 rings (SSSR count). The van der Waals surface area contributed by atoms with Crippen LogP contribution in [0.2, 0.25) is 0 Å². The molecule has 1 saturated carbocycles. The fourth-order valence-electron chi connectivity index (χ4n) is 1.94. The minimum atomic E-state index is -1.41. The molecule has 0 heterocycles. The number of aromatic hydroxyl groups is 2. The topological polar surface area (TPSA) is 64.2 Å². The van der Waals surface area contributed by atoms with Crippen LogP contribution in [-0.2, 0) is 5.41 Å². The number of nitrogens with zero attached hydrogens (tertiary/aromatic N) is 1. The zero-order chi connectivity index (χ0) is 11.9. The summed E-state index contributed by atoms with van der Waals surface area (Å²) >= 11 is 0. The van der Waals surface area contributed by atoms with Gasteiger partial charge in [0, 0.05) is 5.56 Å². The Labute approximate surface area is 90.6 Å². The van der Waals surface area contributed by atoms with E-state index in [0.717, 1.165) is 12.5 Å². The summed E-state index contributed by atoms with van der Waals surface area (Å²) in [5, 5.41) is 27.4. The van der Waals surface area contributed by atoms with Crippen LogP contribution >= 0.6 is 0 Å². The molecule has 0 unspecified atom stereocenters. The Hall–Kier alpha value is -1.83. The summed E-state index contributed by atoms with van der Waals surface area (Å²) in [6.45, 7) is 0. The lowest BCUT2D eigenvalue weighted by Gasteiger charge is -2.36. The third-order valence-corrected chi connectivity index (χ3v) is 3.10. The van der Waals surface area contributed by atoms with Crippen molar-refractivity contribution >= 4 is 0 Å². The van der Waals surface area contributed by atoms with Crippen LogP contribution in [0.15, 0.2) is 6.07 Å². The smallest absolute Gasteiger partial charge is 0.209 e. The second-order valence-corrected chi connectivity index (χ2v) is 3.96. The number of hydrogen-bond donors (Lipinski definition) is 2. The number of phenolic OH excluding ortho intramolecular Hbond substituents is 2. The van der Waals surface area contributed by atoms with E-state index in [9.17, 15) is 13.9 Å². The van der Waals surface area contributed by atoms with Crippen LogP contribution in [0.5, 0.6) is 11.5 Å². The van der Waals surface area contributed by atoms with Gasteiger partial charge in [-0.15, -0.1) is 0 Å². The molecular formula is C11H9F2NO2. The van der Waals surface area contributed by atoms with Gasteiger partial charge in [0.15, 0.2) is 17.3 Å². The van der Waals surface area contributed by atoms with E-state index in [2.05, 4.69) is 0 Å². The summed E-state index contributed by atoms with van der Waals surface area (Å²) in [6, 6.07) is 2.80. The predicted molar refractivity (Wildman–Crippen MR) is 50.8 cm³/mol. The largest absolute Gasteiger partial charge is 0.504 e. The second kappa shape index (κ2) is 3.34. The van der Waals surface area contributed by atoms with Gasteiger partial charge in [-0.2, -0.15) is 9.65 Å². The van der Waals surface area contributed by atoms with Crippen molar-refractivity contribution in [2.24, 2.45) is 0 Å². The normalized spacial score (nSPS) is 17.6. The molecule has 0 amide bonds. The number of hydrogen-bond acceptors (Lipinski definition) is 3. The summed E-state index contributed by atoms with van der Waals surface area (Å²) in [5.74, 6) is -4.61. The molecule has 1 aliphatic carbocycles. The van der Waals surface area contributed by atoms with Crippen molar-refractivity contribution in [3.05, 3.63) is 23.3 Å². The molecule has 84 valence electrons. The van der Waals surface area contributed by atoms with E-state index in [1.165, 1.54) is 0 Å². The van der Waals surface area contributed by atoms with Gasteiger partial charge in [-0.1, -0.05) is 0 Å². The number of phenols is 2. The third kappa shape index (κ3) is 1.23. The lowest BCUT2D eigenvalue weighted by atomic mass is 9.65. The van der Waals surface area contributed by atoms with E-state index in [0.29, 0.717) is 12.8 Å². The SMILES string of the molecule is N#CC1(c2cc(F)c(O)c(F)c2O)CCC1. The molecule has 0 bridgehead atoms. The molecule has 0 atom stereocenters. The Morgan fingerprint density at radius 2 is 1.88 bits per heavy atom. The Morgan fingerprint density at radius 3 is 2.31 bits per heavy atom. The summed E-state index contributed by atoms with van der Waals surface area (Å²) < 4.78 is 26.4. The maximum Gasteiger partial charge on any atom is 0.209 e. The van der Waals surface area contributed by atoms with Gasteiger partial charge in [0.05, 0.1) is 11.5 Å². The Kier molecular flexibility index (Phi) is 2.23. The van der Waals surface area contributed by atoms with Crippen LogP contribution in [0.1, 0.15) is 24.8 Å². The highest BCUT2D eigenvalue weighted by Crippen LogP contribution is 2.48. The van der Waals surface area contributed by atoms with Gasteiger partial charge in [-0.05, 0) is 25.3 Å². The van der Waals surface area contributed by atoms with Crippen LogP contribution in [-0.4, -0.2) is 10.2 Å². The van der Waals surface area contributed by atoms with Gasteiger partial charge < -0.3 is 10.2 Å². The van der Waals surface area contributed by atoms with E-state index < -0.39 is 28.5 Å². The average molecular weight is 225 g/mol. The number of nitriles is 1. The predicted octanol–water partition coefficient (Wildman–Crippen LogP) is 2.32. The first-order valence-electron chi connectivity index (χ1n) is 4.83. The highest BCUT2D eigenvalue weighted by atomic mass is 19.1. The van der Waals surface area contributed by atoms with Gasteiger partial charge in [0.2, 0.25) is 5.82 Å². The minimum Gasteiger partial charge on any atom is -0.504 e. The molecular weight excluding hydrogens is 216 g/mol. The molecule has 0 aliphatic heterocycles. The first-order chi connectivity index (χ1) is 7.52. The molecule has 0 spiro atoms. The van der Waals surface area contributed by atoms with Crippen LogP contribution < -0.4 is 0 Å². The monoisotopic (exact) mass is 225 g/mol. The van der Waals surface area contributed by atoms with Gasteiger partial charge in [-0.3, -0.25) is 0 Å². The number of halogens is 2. The molecule has 5 heteroatoms. The zero-order valence-electron chi connectivity index (χ0n) is 8.30. The third-order valence-electron chi connectivity index (χ3n) is 3.10. The van der Waals surface area contributed by atoms with Crippen LogP contribution in [0.3, 0.4) is 0 Å². The quantitative estimate of drug-likeness (QED) is 0.770. The summed E-state index contributed by atoms with van der Waals surface area (Å²) in [7, 11) is 0. The minimum absolute atomic E-state index is 0.0750. The van der Waals surface area contributed by atoms with Crippen molar-refractivity contribution in [2.75, 3.05) is 0 Å². The standard InChI is InChI=1S/C11H9F2NO2/c12-7-4-6(9(15)8(13)10(7)16)11(5-14)2-1-3-11/h4,15-16H,1-3H2. The Balaban J connectivity index is 2.63. The molecule has 1 aliphatic rings. The maximum absolute atomic E-state index is 13.2. The highest BCUT2D eigenvalue weighted by Gasteiger charge is 2.42. The fraction of sp³-hybridized carbons (Fsp3) is 0.364. The lowest BCUT2D eigenvalue weighted by molar-refractivity contribution is 0.298. The summed E-state index contributed by atoms with van der Waals surface area (Å²) in [4.78, 5) is 0. The molecule has 1 fully saturated rings. The van der Waals surface area contributed by atoms with Crippen molar-refractivity contribution in [1.29, 1.82) is 5.26 Å².